The van der Waals surface area contributed by atoms with Gasteiger partial charge in [-0.15, -0.1) is 0 Å². The maximum absolute atomic E-state index is 14.1. The van der Waals surface area contributed by atoms with Crippen LogP contribution in [0.5, 0.6) is 0 Å². The van der Waals surface area contributed by atoms with E-state index in [0.717, 1.165) is 24.1 Å². The van der Waals surface area contributed by atoms with Gasteiger partial charge in [0.05, 0.1) is 0 Å². The maximum Gasteiger partial charge on any atom is 0.128 e. The second-order valence-electron chi connectivity index (χ2n) is 5.59. The molecule has 2 nitrogen and oxygen atoms in total. The average Bonchev–Trinajstić information content (AvgIpc) is 2.75. The van der Waals surface area contributed by atoms with Crippen LogP contribution in [-0.2, 0) is 0 Å². The lowest BCUT2D eigenvalue weighted by molar-refractivity contribution is 0.181. The Labute approximate surface area is 109 Å². The summed E-state index contributed by atoms with van der Waals surface area (Å²) in [4.78, 5) is 2.37. The third-order valence-corrected chi connectivity index (χ3v) is 4.00. The van der Waals surface area contributed by atoms with Crippen LogP contribution in [0.2, 0.25) is 0 Å². The van der Waals surface area contributed by atoms with Crippen LogP contribution in [0.15, 0.2) is 18.2 Å². The van der Waals surface area contributed by atoms with Crippen molar-refractivity contribution in [3.8, 4) is 0 Å². The first kappa shape index (κ1) is 13.5. The molecule has 18 heavy (non-hydrogen) atoms. The molecule has 1 aromatic carbocycles. The molecule has 0 aliphatic carbocycles. The van der Waals surface area contributed by atoms with Crippen LogP contribution in [0.3, 0.4) is 0 Å². The summed E-state index contributed by atoms with van der Waals surface area (Å²) in [5.74, 6) is 0.264. The van der Waals surface area contributed by atoms with Crippen LogP contribution >= 0.6 is 0 Å². The van der Waals surface area contributed by atoms with Crippen molar-refractivity contribution in [1.29, 1.82) is 0 Å². The first-order chi connectivity index (χ1) is 8.54. The summed E-state index contributed by atoms with van der Waals surface area (Å²) in [6, 6.07) is 5.94. The second kappa shape index (κ2) is 5.37. The zero-order valence-corrected chi connectivity index (χ0v) is 11.5. The largest absolute Gasteiger partial charge is 0.330 e. The zero-order valence-electron chi connectivity index (χ0n) is 11.5. The molecule has 1 aliphatic rings. The van der Waals surface area contributed by atoms with Gasteiger partial charge in [0.15, 0.2) is 0 Å². The van der Waals surface area contributed by atoms with E-state index in [1.807, 2.05) is 19.1 Å². The molecule has 0 radical (unpaired) electrons. The minimum Gasteiger partial charge on any atom is -0.330 e. The van der Waals surface area contributed by atoms with E-state index in [0.29, 0.717) is 18.5 Å². The molecule has 0 bridgehead atoms. The molecule has 2 rings (SSSR count). The van der Waals surface area contributed by atoms with Gasteiger partial charge in [-0.25, -0.2) is 4.39 Å². The van der Waals surface area contributed by atoms with Crippen molar-refractivity contribution in [3.63, 3.8) is 0 Å². The number of halogens is 1. The number of benzene rings is 1. The van der Waals surface area contributed by atoms with Crippen molar-refractivity contribution in [2.45, 2.75) is 39.3 Å². The highest BCUT2D eigenvalue weighted by Gasteiger charge is 2.37. The highest BCUT2D eigenvalue weighted by atomic mass is 19.1. The molecule has 1 fully saturated rings. The average molecular weight is 250 g/mol. The maximum atomic E-state index is 14.1. The van der Waals surface area contributed by atoms with E-state index < -0.39 is 0 Å². The fourth-order valence-electron chi connectivity index (χ4n) is 3.03. The van der Waals surface area contributed by atoms with Crippen LogP contribution in [0.4, 0.5) is 4.39 Å². The van der Waals surface area contributed by atoms with E-state index in [9.17, 15) is 4.39 Å². The number of nitrogens with two attached hydrogens (primary N) is 1. The summed E-state index contributed by atoms with van der Waals surface area (Å²) in [6.45, 7) is 7.98. The number of nitrogens with zero attached hydrogens (tertiary/aromatic N) is 1. The van der Waals surface area contributed by atoms with Crippen molar-refractivity contribution in [1.82, 2.24) is 4.90 Å². The van der Waals surface area contributed by atoms with Crippen molar-refractivity contribution in [2.24, 2.45) is 11.7 Å². The predicted octanol–water partition coefficient (Wildman–Crippen LogP) is 2.86. The number of rotatable bonds is 3. The number of hydrogen-bond acceptors (Lipinski definition) is 2. The molecule has 1 saturated heterocycles. The third kappa shape index (κ3) is 2.43. The topological polar surface area (TPSA) is 29.3 Å². The SMILES string of the molecule is Cc1ccc(F)c(C2C(CN)CCN2C(C)C)c1. The molecule has 0 aromatic heterocycles. The number of hydrogen-bond donors (Lipinski definition) is 1. The molecule has 0 amide bonds. The van der Waals surface area contributed by atoms with Gasteiger partial charge in [-0.2, -0.15) is 0 Å². The van der Waals surface area contributed by atoms with E-state index in [4.69, 9.17) is 5.73 Å². The highest BCUT2D eigenvalue weighted by Crippen LogP contribution is 2.39. The first-order valence-electron chi connectivity index (χ1n) is 6.76. The summed E-state index contributed by atoms with van der Waals surface area (Å²) in [7, 11) is 0. The Balaban J connectivity index is 2.40. The zero-order chi connectivity index (χ0) is 13.3. The van der Waals surface area contributed by atoms with Crippen molar-refractivity contribution < 1.29 is 4.39 Å². The molecule has 1 aliphatic heterocycles. The first-order valence-corrected chi connectivity index (χ1v) is 6.76. The quantitative estimate of drug-likeness (QED) is 0.893. The number of likely N-dealkylation sites (tertiary alicyclic amines) is 1. The van der Waals surface area contributed by atoms with E-state index in [2.05, 4.69) is 18.7 Å². The number of aryl methyl sites for hydroxylation is 1. The fourth-order valence-corrected chi connectivity index (χ4v) is 3.03. The molecule has 2 unspecified atom stereocenters. The lowest BCUT2D eigenvalue weighted by Gasteiger charge is -2.31. The van der Waals surface area contributed by atoms with Gasteiger partial charge in [0, 0.05) is 17.6 Å². The van der Waals surface area contributed by atoms with Crippen LogP contribution in [-0.4, -0.2) is 24.0 Å². The second-order valence-corrected chi connectivity index (χ2v) is 5.59. The molecule has 1 aromatic rings. The molecule has 2 N–H and O–H groups in total. The Hall–Kier alpha value is -0.930. The van der Waals surface area contributed by atoms with Crippen LogP contribution in [0.1, 0.15) is 37.4 Å². The summed E-state index contributed by atoms with van der Waals surface area (Å²) in [6.07, 6.45) is 1.06. The molecule has 100 valence electrons. The molecular weight excluding hydrogens is 227 g/mol. The fraction of sp³-hybridized carbons (Fsp3) is 0.600. The van der Waals surface area contributed by atoms with Gasteiger partial charge in [0.2, 0.25) is 0 Å². The minimum atomic E-state index is -0.100. The Kier molecular flexibility index (Phi) is 4.03. The third-order valence-electron chi connectivity index (χ3n) is 4.00. The van der Waals surface area contributed by atoms with Crippen LogP contribution in [0, 0.1) is 18.7 Å². The molecular formula is C15H23FN2. The molecule has 3 heteroatoms. The van der Waals surface area contributed by atoms with Gasteiger partial charge in [0.1, 0.15) is 5.82 Å². The van der Waals surface area contributed by atoms with Crippen molar-refractivity contribution >= 4 is 0 Å². The summed E-state index contributed by atoms with van der Waals surface area (Å²) < 4.78 is 14.1. The van der Waals surface area contributed by atoms with Crippen LogP contribution < -0.4 is 5.73 Å². The standard InChI is InChI=1S/C15H23FN2/c1-10(2)18-7-6-12(9-17)15(18)13-8-11(3)4-5-14(13)16/h4-5,8,10,12,15H,6-7,9,17H2,1-3H3. The van der Waals surface area contributed by atoms with E-state index in [-0.39, 0.29) is 11.9 Å². The van der Waals surface area contributed by atoms with Gasteiger partial charge < -0.3 is 5.73 Å². The Morgan fingerprint density at radius 2 is 2.17 bits per heavy atom. The Bertz CT molecular complexity index is 417. The monoisotopic (exact) mass is 250 g/mol. The lowest BCUT2D eigenvalue weighted by Crippen LogP contribution is -2.34. The van der Waals surface area contributed by atoms with Crippen LogP contribution in [0.25, 0.3) is 0 Å². The summed E-state index contributed by atoms with van der Waals surface area (Å²) >= 11 is 0. The molecule has 1 heterocycles. The molecule has 2 atom stereocenters. The Morgan fingerprint density at radius 1 is 1.44 bits per heavy atom. The van der Waals surface area contributed by atoms with Gasteiger partial charge >= 0.3 is 0 Å². The smallest absolute Gasteiger partial charge is 0.128 e. The van der Waals surface area contributed by atoms with Gasteiger partial charge in [-0.05, 0) is 52.3 Å². The summed E-state index contributed by atoms with van der Waals surface area (Å²) in [5, 5.41) is 0. The van der Waals surface area contributed by atoms with E-state index in [1.165, 1.54) is 0 Å². The van der Waals surface area contributed by atoms with Gasteiger partial charge in [-0.3, -0.25) is 4.90 Å². The predicted molar refractivity (Wildman–Crippen MR) is 72.9 cm³/mol. The van der Waals surface area contributed by atoms with E-state index >= 15 is 0 Å². The van der Waals surface area contributed by atoms with E-state index in [1.54, 1.807) is 6.07 Å². The van der Waals surface area contributed by atoms with Crippen molar-refractivity contribution in [2.75, 3.05) is 13.1 Å². The highest BCUT2D eigenvalue weighted by molar-refractivity contribution is 5.28. The van der Waals surface area contributed by atoms with Gasteiger partial charge in [-0.1, -0.05) is 17.7 Å². The Morgan fingerprint density at radius 3 is 2.78 bits per heavy atom. The van der Waals surface area contributed by atoms with Gasteiger partial charge in [0.25, 0.3) is 0 Å². The lowest BCUT2D eigenvalue weighted by atomic mass is 9.92. The normalized spacial score (nSPS) is 25.0. The molecule has 0 spiro atoms. The summed E-state index contributed by atoms with van der Waals surface area (Å²) in [5.41, 5.74) is 7.79. The van der Waals surface area contributed by atoms with Crippen molar-refractivity contribution in [3.05, 3.63) is 35.1 Å². The minimum absolute atomic E-state index is 0.100. The molecule has 0 saturated carbocycles.